The minimum Gasteiger partial charge on any atom is -0.349 e. The van der Waals surface area contributed by atoms with Crippen LogP contribution in [0.15, 0.2) is 53.4 Å². The largest absolute Gasteiger partial charge is 0.349 e. The molecule has 1 aliphatic heterocycles. The first-order chi connectivity index (χ1) is 13.6. The van der Waals surface area contributed by atoms with Gasteiger partial charge < -0.3 is 10.2 Å². The van der Waals surface area contributed by atoms with E-state index >= 15 is 0 Å². The van der Waals surface area contributed by atoms with Gasteiger partial charge in [-0.3, -0.25) is 9.59 Å². The van der Waals surface area contributed by atoms with Crippen LogP contribution in [0.5, 0.6) is 0 Å². The maximum absolute atomic E-state index is 12.7. The third-order valence-electron chi connectivity index (χ3n) is 5.25. The summed E-state index contributed by atoms with van der Waals surface area (Å²) in [5.41, 5.74) is 3.02. The van der Waals surface area contributed by atoms with E-state index in [-0.39, 0.29) is 35.1 Å². The third-order valence-corrected chi connectivity index (χ3v) is 6.37. The van der Waals surface area contributed by atoms with Gasteiger partial charge in [-0.2, -0.15) is 0 Å². The van der Waals surface area contributed by atoms with Gasteiger partial charge in [0.15, 0.2) is 9.84 Å². The van der Waals surface area contributed by atoms with Crippen LogP contribution in [-0.4, -0.2) is 37.9 Å². The number of nitrogens with one attached hydrogen (secondary N) is 1. The molecule has 0 saturated carbocycles. The Hall–Kier alpha value is -2.67. The Morgan fingerprint density at radius 3 is 2.34 bits per heavy atom. The van der Waals surface area contributed by atoms with Crippen LogP contribution in [-0.2, 0) is 26.0 Å². The minimum atomic E-state index is -3.25. The van der Waals surface area contributed by atoms with Crippen LogP contribution >= 0.6 is 0 Å². The first kappa shape index (κ1) is 21.0. The molecular weight excluding hydrogens is 388 g/mol. The summed E-state index contributed by atoms with van der Waals surface area (Å²) >= 11 is 0. The molecule has 3 rings (SSSR count). The second-order valence-corrected chi connectivity index (χ2v) is 9.75. The summed E-state index contributed by atoms with van der Waals surface area (Å²) in [6.45, 7) is 4.76. The highest BCUT2D eigenvalue weighted by Crippen LogP contribution is 2.22. The number of rotatable bonds is 6. The van der Waals surface area contributed by atoms with Crippen LogP contribution in [0.2, 0.25) is 0 Å². The number of hydrogen-bond donors (Lipinski definition) is 1. The summed E-state index contributed by atoms with van der Waals surface area (Å²) in [7, 11) is -3.25. The minimum absolute atomic E-state index is 0.0177. The fourth-order valence-electron chi connectivity index (χ4n) is 3.43. The highest BCUT2D eigenvalue weighted by Gasteiger charge is 2.34. The summed E-state index contributed by atoms with van der Waals surface area (Å²) in [4.78, 5) is 27.0. The van der Waals surface area contributed by atoms with Gasteiger partial charge in [-0.25, -0.2) is 8.42 Å². The molecule has 1 heterocycles. The van der Waals surface area contributed by atoms with Crippen molar-refractivity contribution in [3.8, 4) is 0 Å². The Bertz CT molecular complexity index is 998. The van der Waals surface area contributed by atoms with Crippen molar-refractivity contribution in [3.05, 3.63) is 65.2 Å². The summed E-state index contributed by atoms with van der Waals surface area (Å²) in [6, 6.07) is 14.2. The van der Waals surface area contributed by atoms with E-state index in [1.807, 2.05) is 38.1 Å². The van der Waals surface area contributed by atoms with E-state index in [0.717, 1.165) is 22.9 Å². The Morgan fingerprint density at radius 2 is 1.76 bits per heavy atom. The summed E-state index contributed by atoms with van der Waals surface area (Å²) in [6.07, 6.45) is 1.37. The number of benzene rings is 2. The number of aryl methyl sites for hydroxylation is 1. The SMILES string of the molecule is Cc1ccc(CN2C[C@H](C(=O)N[C@@H](C)c3ccc(S(C)(=O)=O)cc3)CC2=O)cc1. The number of sulfone groups is 1. The normalized spacial score (nSPS) is 18.0. The van der Waals surface area contributed by atoms with E-state index in [4.69, 9.17) is 0 Å². The molecular formula is C22H26N2O4S. The van der Waals surface area contributed by atoms with Gasteiger partial charge in [-0.05, 0) is 37.1 Å². The number of nitrogens with zero attached hydrogens (tertiary/aromatic N) is 1. The predicted octanol–water partition coefficient (Wildman–Crippen LogP) is 2.62. The molecule has 1 aliphatic rings. The van der Waals surface area contributed by atoms with Crippen molar-refractivity contribution < 1.29 is 18.0 Å². The molecule has 0 spiro atoms. The molecule has 1 N–H and O–H groups in total. The average molecular weight is 415 g/mol. The molecule has 1 saturated heterocycles. The van der Waals surface area contributed by atoms with E-state index < -0.39 is 9.84 Å². The zero-order valence-corrected chi connectivity index (χ0v) is 17.7. The average Bonchev–Trinajstić information content (AvgIpc) is 3.03. The number of carbonyl (C=O) groups excluding carboxylic acids is 2. The third kappa shape index (κ3) is 5.23. The number of carbonyl (C=O) groups is 2. The molecule has 29 heavy (non-hydrogen) atoms. The molecule has 0 aliphatic carbocycles. The van der Waals surface area contributed by atoms with Gasteiger partial charge in [0.2, 0.25) is 11.8 Å². The molecule has 0 unspecified atom stereocenters. The summed E-state index contributed by atoms with van der Waals surface area (Å²) < 4.78 is 23.1. The Balaban J connectivity index is 1.59. The van der Waals surface area contributed by atoms with Crippen molar-refractivity contribution in [1.29, 1.82) is 0 Å². The van der Waals surface area contributed by atoms with Crippen molar-refractivity contribution >= 4 is 21.7 Å². The molecule has 2 aromatic carbocycles. The van der Waals surface area contributed by atoms with Crippen molar-refractivity contribution in [1.82, 2.24) is 10.2 Å². The molecule has 2 atom stereocenters. The number of amides is 2. The van der Waals surface area contributed by atoms with E-state index in [1.54, 1.807) is 17.0 Å². The van der Waals surface area contributed by atoms with Crippen LogP contribution in [0.1, 0.15) is 36.1 Å². The lowest BCUT2D eigenvalue weighted by atomic mass is 10.1. The fourth-order valence-corrected chi connectivity index (χ4v) is 4.06. The van der Waals surface area contributed by atoms with Gasteiger partial charge in [0.25, 0.3) is 0 Å². The van der Waals surface area contributed by atoms with Gasteiger partial charge in [0.05, 0.1) is 16.9 Å². The smallest absolute Gasteiger partial charge is 0.225 e. The molecule has 0 bridgehead atoms. The first-order valence-electron chi connectivity index (χ1n) is 9.57. The van der Waals surface area contributed by atoms with Crippen LogP contribution < -0.4 is 5.32 Å². The zero-order chi connectivity index (χ0) is 21.2. The lowest BCUT2D eigenvalue weighted by Gasteiger charge is -2.19. The van der Waals surface area contributed by atoms with E-state index in [9.17, 15) is 18.0 Å². The fraction of sp³-hybridized carbons (Fsp3) is 0.364. The van der Waals surface area contributed by atoms with Gasteiger partial charge in [0, 0.05) is 25.8 Å². The molecule has 0 aromatic heterocycles. The van der Waals surface area contributed by atoms with E-state index in [1.165, 1.54) is 12.1 Å². The lowest BCUT2D eigenvalue weighted by molar-refractivity contribution is -0.129. The standard InChI is InChI=1S/C22H26N2O4S/c1-15-4-6-17(7-5-15)13-24-14-19(12-21(24)25)22(26)23-16(2)18-8-10-20(11-9-18)29(3,27)28/h4-11,16,19H,12-14H2,1-3H3,(H,23,26)/t16-,19+/m0/s1. The summed E-state index contributed by atoms with van der Waals surface area (Å²) in [5.74, 6) is -0.564. The lowest BCUT2D eigenvalue weighted by Crippen LogP contribution is -2.34. The quantitative estimate of drug-likeness (QED) is 0.788. The van der Waals surface area contributed by atoms with E-state index in [0.29, 0.717) is 13.1 Å². The molecule has 0 radical (unpaired) electrons. The highest BCUT2D eigenvalue weighted by atomic mass is 32.2. The van der Waals surface area contributed by atoms with Crippen molar-refractivity contribution in [2.75, 3.05) is 12.8 Å². The maximum Gasteiger partial charge on any atom is 0.225 e. The second-order valence-electron chi connectivity index (χ2n) is 7.73. The van der Waals surface area contributed by atoms with Crippen LogP contribution in [0.3, 0.4) is 0 Å². The monoisotopic (exact) mass is 414 g/mol. The molecule has 6 nitrogen and oxygen atoms in total. The topological polar surface area (TPSA) is 83.6 Å². The Morgan fingerprint density at radius 1 is 1.14 bits per heavy atom. The zero-order valence-electron chi connectivity index (χ0n) is 16.9. The molecule has 154 valence electrons. The van der Waals surface area contributed by atoms with E-state index in [2.05, 4.69) is 5.32 Å². The molecule has 7 heteroatoms. The maximum atomic E-state index is 12.7. The summed E-state index contributed by atoms with van der Waals surface area (Å²) in [5, 5.41) is 2.94. The molecule has 2 aromatic rings. The van der Waals surface area contributed by atoms with Crippen LogP contribution in [0.4, 0.5) is 0 Å². The van der Waals surface area contributed by atoms with Gasteiger partial charge >= 0.3 is 0 Å². The van der Waals surface area contributed by atoms with Crippen LogP contribution in [0.25, 0.3) is 0 Å². The molecule has 1 fully saturated rings. The van der Waals surface area contributed by atoms with Crippen molar-refractivity contribution in [2.24, 2.45) is 5.92 Å². The second kappa shape index (κ2) is 8.37. The Kier molecular flexibility index (Phi) is 6.07. The van der Waals surface area contributed by atoms with Crippen molar-refractivity contribution in [2.45, 2.75) is 37.8 Å². The van der Waals surface area contributed by atoms with Gasteiger partial charge in [-0.15, -0.1) is 0 Å². The first-order valence-corrected chi connectivity index (χ1v) is 11.5. The predicted molar refractivity (Wildman–Crippen MR) is 111 cm³/mol. The molecule has 2 amide bonds. The van der Waals surface area contributed by atoms with Gasteiger partial charge in [-0.1, -0.05) is 42.0 Å². The van der Waals surface area contributed by atoms with Gasteiger partial charge in [0.1, 0.15) is 0 Å². The van der Waals surface area contributed by atoms with Crippen LogP contribution in [0, 0.1) is 12.8 Å². The number of hydrogen-bond acceptors (Lipinski definition) is 4. The Labute approximate surface area is 171 Å². The highest BCUT2D eigenvalue weighted by molar-refractivity contribution is 7.90. The number of likely N-dealkylation sites (tertiary alicyclic amines) is 1. The van der Waals surface area contributed by atoms with Crippen molar-refractivity contribution in [3.63, 3.8) is 0 Å².